The quantitative estimate of drug-likeness (QED) is 0.599. The predicted molar refractivity (Wildman–Crippen MR) is 98.4 cm³/mol. The molecular formula is C13H36O2Si4. The summed E-state index contributed by atoms with van der Waals surface area (Å²) in [6, 6.07) is 1.30. The van der Waals surface area contributed by atoms with Crippen LogP contribution in [-0.4, -0.2) is 39.9 Å². The van der Waals surface area contributed by atoms with Crippen LogP contribution < -0.4 is 0 Å². The highest BCUT2D eigenvalue weighted by molar-refractivity contribution is 6.90. The first-order valence-corrected chi connectivity index (χ1v) is 20.3. The van der Waals surface area contributed by atoms with E-state index in [9.17, 15) is 0 Å². The number of rotatable bonds is 8. The molecule has 0 aromatic carbocycles. The van der Waals surface area contributed by atoms with Crippen molar-refractivity contribution in [1.29, 1.82) is 0 Å². The molecule has 2 atom stereocenters. The van der Waals surface area contributed by atoms with Crippen LogP contribution in [-0.2, 0) is 8.54 Å². The van der Waals surface area contributed by atoms with Crippen molar-refractivity contribution < 1.29 is 8.54 Å². The van der Waals surface area contributed by atoms with E-state index in [4.69, 9.17) is 8.54 Å². The maximum Gasteiger partial charge on any atom is 0.184 e. The monoisotopic (exact) mass is 336 g/mol. The lowest BCUT2D eigenvalue weighted by Gasteiger charge is -2.34. The summed E-state index contributed by atoms with van der Waals surface area (Å²) in [7, 11) is -4.91. The van der Waals surface area contributed by atoms with Gasteiger partial charge in [0.2, 0.25) is 0 Å². The molecule has 116 valence electrons. The first-order valence-electron chi connectivity index (χ1n) is 7.58. The van der Waals surface area contributed by atoms with Crippen LogP contribution in [0.15, 0.2) is 0 Å². The van der Waals surface area contributed by atoms with Gasteiger partial charge < -0.3 is 8.54 Å². The van der Waals surface area contributed by atoms with E-state index in [-0.39, 0.29) is 0 Å². The fourth-order valence-corrected chi connectivity index (χ4v) is 20.8. The van der Waals surface area contributed by atoms with Crippen molar-refractivity contribution in [3.05, 3.63) is 0 Å². The number of hydrogen-bond acceptors (Lipinski definition) is 2. The summed E-state index contributed by atoms with van der Waals surface area (Å²) in [5, 5.41) is 0. The molecule has 0 heterocycles. The zero-order chi connectivity index (χ0) is 15.5. The molecular weight excluding hydrogens is 300 g/mol. The minimum absolute atomic E-state index is 0.449. The summed E-state index contributed by atoms with van der Waals surface area (Å²) in [6.45, 7) is 23.3. The van der Waals surface area contributed by atoms with Gasteiger partial charge in [0.15, 0.2) is 25.0 Å². The normalized spacial score (nSPS) is 17.4. The summed E-state index contributed by atoms with van der Waals surface area (Å²) in [6.07, 6.45) is 0.449. The van der Waals surface area contributed by atoms with Gasteiger partial charge in [-0.25, -0.2) is 0 Å². The largest absolute Gasteiger partial charge is 0.456 e. The Morgan fingerprint density at radius 2 is 1.37 bits per heavy atom. The summed E-state index contributed by atoms with van der Waals surface area (Å²) in [4.78, 5) is 0. The molecule has 0 aliphatic heterocycles. The Balaban J connectivity index is 4.26. The zero-order valence-electron chi connectivity index (χ0n) is 14.9. The summed E-state index contributed by atoms with van der Waals surface area (Å²) < 4.78 is 12.6. The first kappa shape index (κ1) is 19.8. The van der Waals surface area contributed by atoms with Crippen molar-refractivity contribution in [3.8, 4) is 0 Å². The van der Waals surface area contributed by atoms with Crippen molar-refractivity contribution in [2.75, 3.05) is 0 Å². The summed E-state index contributed by atoms with van der Waals surface area (Å²) in [5.74, 6) is 0. The molecule has 0 spiro atoms. The fourth-order valence-electron chi connectivity index (χ4n) is 3.01. The molecule has 0 rings (SSSR count). The summed E-state index contributed by atoms with van der Waals surface area (Å²) in [5.41, 5.74) is 1.39. The topological polar surface area (TPSA) is 18.5 Å². The highest BCUT2D eigenvalue weighted by Crippen LogP contribution is 2.22. The lowest BCUT2D eigenvalue weighted by atomic mass is 10.5. The third-order valence-electron chi connectivity index (χ3n) is 2.71. The van der Waals surface area contributed by atoms with E-state index in [0.717, 1.165) is 0 Å². The van der Waals surface area contributed by atoms with Crippen LogP contribution in [0.3, 0.4) is 0 Å². The molecule has 0 N–H and O–H groups in total. The van der Waals surface area contributed by atoms with Gasteiger partial charge >= 0.3 is 0 Å². The lowest BCUT2D eigenvalue weighted by Crippen LogP contribution is -2.45. The Labute approximate surface area is 126 Å². The Kier molecular flexibility index (Phi) is 7.47. The second-order valence-corrected chi connectivity index (χ2v) is 25.9. The lowest BCUT2D eigenvalue weighted by molar-refractivity contribution is 0.234. The zero-order valence-corrected chi connectivity index (χ0v) is 19.0. The maximum absolute atomic E-state index is 6.46. The Bertz CT molecular complexity index is 269. The third kappa shape index (κ3) is 12.3. The average molecular weight is 337 g/mol. The van der Waals surface area contributed by atoms with Gasteiger partial charge in [0.1, 0.15) is 0 Å². The highest BCUT2D eigenvalue weighted by atomic mass is 28.4. The predicted octanol–water partition coefficient (Wildman–Crippen LogP) is 4.68. The van der Waals surface area contributed by atoms with Crippen molar-refractivity contribution >= 4 is 33.7 Å². The molecule has 0 fully saturated rings. The van der Waals surface area contributed by atoms with E-state index in [2.05, 4.69) is 65.8 Å². The van der Waals surface area contributed by atoms with E-state index in [0.29, 0.717) is 6.10 Å². The van der Waals surface area contributed by atoms with Crippen LogP contribution in [0.25, 0.3) is 0 Å². The molecule has 0 saturated carbocycles. The Hall–Kier alpha value is 0.788. The van der Waals surface area contributed by atoms with Crippen molar-refractivity contribution in [1.82, 2.24) is 0 Å². The molecule has 0 bridgehead atoms. The fraction of sp³-hybridized carbons (Fsp3) is 1.00. The van der Waals surface area contributed by atoms with Crippen LogP contribution in [0, 0.1) is 0 Å². The van der Waals surface area contributed by atoms with Crippen LogP contribution >= 0.6 is 0 Å². The Morgan fingerprint density at radius 3 is 1.74 bits per heavy atom. The highest BCUT2D eigenvalue weighted by Gasteiger charge is 2.32. The van der Waals surface area contributed by atoms with Crippen molar-refractivity contribution in [2.24, 2.45) is 0 Å². The first-order chi connectivity index (χ1) is 8.20. The van der Waals surface area contributed by atoms with Gasteiger partial charge in [-0.3, -0.25) is 0 Å². The van der Waals surface area contributed by atoms with Gasteiger partial charge in [-0.05, 0) is 71.0 Å². The molecule has 0 amide bonds. The average Bonchev–Trinajstić information content (AvgIpc) is 1.89. The molecule has 6 heteroatoms. The smallest absolute Gasteiger partial charge is 0.184 e. The van der Waals surface area contributed by atoms with Crippen LogP contribution in [0.2, 0.25) is 70.6 Å². The van der Waals surface area contributed by atoms with E-state index >= 15 is 0 Å². The maximum atomic E-state index is 6.46. The molecule has 0 aliphatic rings. The SMILES string of the molecule is CC(C[SiH](C)C[Si](C)(C)O[Si](C)(C)C)O[Si](C)(C)C. The molecule has 0 aromatic heterocycles. The van der Waals surface area contributed by atoms with Gasteiger partial charge in [0.05, 0.1) is 0 Å². The summed E-state index contributed by atoms with van der Waals surface area (Å²) >= 11 is 0. The van der Waals surface area contributed by atoms with Crippen LogP contribution in [0.5, 0.6) is 0 Å². The third-order valence-corrected chi connectivity index (χ3v) is 16.7. The number of hydrogen-bond donors (Lipinski definition) is 0. The van der Waals surface area contributed by atoms with Crippen molar-refractivity contribution in [3.63, 3.8) is 0 Å². The minimum Gasteiger partial charge on any atom is -0.456 e. The van der Waals surface area contributed by atoms with Gasteiger partial charge in [-0.2, -0.15) is 0 Å². The van der Waals surface area contributed by atoms with E-state index in [1.807, 2.05) is 0 Å². The van der Waals surface area contributed by atoms with E-state index in [1.165, 1.54) is 11.7 Å². The second kappa shape index (κ2) is 7.17. The second-order valence-electron chi connectivity index (χ2n) is 8.56. The molecule has 0 radical (unpaired) electrons. The molecule has 2 nitrogen and oxygen atoms in total. The van der Waals surface area contributed by atoms with E-state index < -0.39 is 33.7 Å². The Morgan fingerprint density at radius 1 is 0.895 bits per heavy atom. The van der Waals surface area contributed by atoms with Gasteiger partial charge in [0.25, 0.3) is 0 Å². The minimum atomic E-state index is -1.45. The van der Waals surface area contributed by atoms with Gasteiger partial charge in [-0.15, -0.1) is 0 Å². The van der Waals surface area contributed by atoms with Gasteiger partial charge in [0, 0.05) is 14.9 Å². The molecule has 0 aromatic rings. The van der Waals surface area contributed by atoms with Crippen molar-refractivity contribution in [2.45, 2.75) is 83.7 Å². The molecule has 2 unspecified atom stereocenters. The van der Waals surface area contributed by atoms with Crippen LogP contribution in [0.1, 0.15) is 6.92 Å². The van der Waals surface area contributed by atoms with Crippen LogP contribution in [0.4, 0.5) is 0 Å². The van der Waals surface area contributed by atoms with Gasteiger partial charge in [-0.1, -0.05) is 6.55 Å². The van der Waals surface area contributed by atoms with E-state index in [1.54, 1.807) is 0 Å². The molecule has 0 aliphatic carbocycles. The molecule has 0 saturated heterocycles. The molecule has 19 heavy (non-hydrogen) atoms. The standard InChI is InChI=1S/C13H36O2Si4/c1-13(14-17(3,4)5)11-16(2)12-19(9,10)15-18(6,7)8/h13,16H,11-12H2,1-10H3.